The van der Waals surface area contributed by atoms with Crippen molar-refractivity contribution < 1.29 is 25.2 Å². The normalized spacial score (nSPS) is 10.8. The Kier molecular flexibility index (Phi) is 7.08. The van der Waals surface area contributed by atoms with Gasteiger partial charge in [-0.1, -0.05) is 60.3 Å². The summed E-state index contributed by atoms with van der Waals surface area (Å²) in [7, 11) is 0. The monoisotopic (exact) mass is 426 g/mol. The first-order valence-electron chi connectivity index (χ1n) is 6.66. The van der Waals surface area contributed by atoms with Gasteiger partial charge in [-0.2, -0.15) is 0 Å². The number of hydrogen-bond acceptors (Lipinski definition) is 3. The van der Waals surface area contributed by atoms with Gasteiger partial charge in [0.25, 0.3) is 0 Å². The Morgan fingerprint density at radius 1 is 0.760 bits per heavy atom. The first-order valence-corrected chi connectivity index (χ1v) is 8.18. The first kappa shape index (κ1) is 21.5. The molecule has 0 aromatic heterocycles. The smallest absolute Gasteiger partial charge is 0.503 e. The molecule has 2 rings (SSSR count). The second-order valence-electron chi connectivity index (χ2n) is 5.48. The van der Waals surface area contributed by atoms with Crippen LogP contribution in [-0.4, -0.2) is 26.6 Å². The molecule has 0 saturated carbocycles. The zero-order chi connectivity index (χ0) is 19.5. The molecule has 0 bridgehead atoms. The van der Waals surface area contributed by atoms with E-state index in [0.717, 1.165) is 11.1 Å². The molecule has 0 spiro atoms. The molecule has 136 valence electrons. The third kappa shape index (κ3) is 5.22. The molecule has 0 aliphatic carbocycles. The first-order chi connectivity index (χ1) is 11.4. The van der Waals surface area contributed by atoms with Gasteiger partial charge < -0.3 is 20.4 Å². The maximum Gasteiger partial charge on any atom is 0.503 e. The Morgan fingerprint density at radius 3 is 1.16 bits per heavy atom. The van der Waals surface area contributed by atoms with Crippen molar-refractivity contribution in [2.75, 3.05) is 0 Å². The summed E-state index contributed by atoms with van der Waals surface area (Å²) in [6, 6.07) is 6.55. The number of hydrogen-bond donors (Lipinski definition) is 4. The van der Waals surface area contributed by atoms with Gasteiger partial charge in [0.05, 0.1) is 20.1 Å². The summed E-state index contributed by atoms with van der Waals surface area (Å²) in [4.78, 5) is 8.56. The van der Waals surface area contributed by atoms with Crippen molar-refractivity contribution in [3.05, 3.63) is 55.5 Å². The third-order valence-electron chi connectivity index (χ3n) is 3.48. The number of halogens is 4. The van der Waals surface area contributed by atoms with E-state index in [1.54, 1.807) is 24.3 Å². The van der Waals surface area contributed by atoms with Crippen molar-refractivity contribution in [2.24, 2.45) is 0 Å². The minimum absolute atomic E-state index is 0.153. The van der Waals surface area contributed by atoms with Crippen LogP contribution in [0.15, 0.2) is 24.3 Å². The number of rotatable bonds is 2. The lowest BCUT2D eigenvalue weighted by molar-refractivity contribution is 0.137. The molecule has 0 amide bonds. The number of carboxylic acid groups (broad SMARTS) is 2. The van der Waals surface area contributed by atoms with Crippen LogP contribution in [0.2, 0.25) is 20.1 Å². The van der Waals surface area contributed by atoms with E-state index in [1.807, 2.05) is 13.8 Å². The number of aromatic hydroxyl groups is 2. The van der Waals surface area contributed by atoms with Crippen LogP contribution in [-0.2, 0) is 5.41 Å². The van der Waals surface area contributed by atoms with Crippen LogP contribution in [0.1, 0.15) is 25.0 Å². The van der Waals surface area contributed by atoms with Crippen molar-refractivity contribution in [3.63, 3.8) is 0 Å². The van der Waals surface area contributed by atoms with E-state index < -0.39 is 11.6 Å². The van der Waals surface area contributed by atoms with Gasteiger partial charge >= 0.3 is 6.16 Å². The fraction of sp³-hybridized carbons (Fsp3) is 0.188. The molecule has 0 aliphatic rings. The van der Waals surface area contributed by atoms with E-state index in [1.165, 1.54) is 0 Å². The van der Waals surface area contributed by atoms with E-state index in [2.05, 4.69) is 0 Å². The average Bonchev–Trinajstić information content (AvgIpc) is 2.48. The zero-order valence-corrected chi connectivity index (χ0v) is 16.0. The van der Waals surface area contributed by atoms with E-state index in [4.69, 9.17) is 61.4 Å². The van der Waals surface area contributed by atoms with Gasteiger partial charge in [0.2, 0.25) is 0 Å². The number of phenolic OH excluding ortho intramolecular Hbond substituents is 2. The molecule has 4 N–H and O–H groups in total. The van der Waals surface area contributed by atoms with Gasteiger partial charge in [-0.05, 0) is 35.4 Å². The summed E-state index contributed by atoms with van der Waals surface area (Å²) in [6.07, 6.45) is -1.83. The standard InChI is InChI=1S/C15H12Cl4O2.CH2O3/c1-15(2,7-3-9(16)13(20)10(17)4-7)8-5-11(18)14(21)12(19)6-8;2-1(3)4/h3-6,20-21H,1-2H3;(H2,2,3,4). The maximum absolute atomic E-state index is 9.65. The number of phenols is 2. The number of benzene rings is 2. The van der Waals surface area contributed by atoms with Crippen molar-refractivity contribution in [1.82, 2.24) is 0 Å². The van der Waals surface area contributed by atoms with Crippen molar-refractivity contribution in [2.45, 2.75) is 19.3 Å². The third-order valence-corrected chi connectivity index (χ3v) is 4.63. The topological polar surface area (TPSA) is 98.0 Å². The second-order valence-corrected chi connectivity index (χ2v) is 7.11. The van der Waals surface area contributed by atoms with Crippen molar-refractivity contribution in [1.29, 1.82) is 0 Å². The molecule has 0 radical (unpaired) electrons. The van der Waals surface area contributed by atoms with Crippen molar-refractivity contribution in [3.8, 4) is 11.5 Å². The van der Waals surface area contributed by atoms with E-state index >= 15 is 0 Å². The van der Waals surface area contributed by atoms with Crippen LogP contribution in [0.4, 0.5) is 4.79 Å². The van der Waals surface area contributed by atoms with Gasteiger partial charge in [0, 0.05) is 5.41 Å². The fourth-order valence-corrected chi connectivity index (χ4v) is 2.99. The van der Waals surface area contributed by atoms with E-state index in [9.17, 15) is 10.2 Å². The average molecular weight is 428 g/mol. The zero-order valence-electron chi connectivity index (χ0n) is 13.0. The Labute approximate surface area is 164 Å². The molecule has 0 saturated heterocycles. The molecule has 0 heterocycles. The predicted octanol–water partition coefficient (Wildman–Crippen LogP) is 6.26. The quantitative estimate of drug-likeness (QED) is 0.453. The lowest BCUT2D eigenvalue weighted by Gasteiger charge is -2.27. The maximum atomic E-state index is 9.65. The summed E-state index contributed by atoms with van der Waals surface area (Å²) >= 11 is 23.9. The van der Waals surface area contributed by atoms with Gasteiger partial charge in [-0.25, -0.2) is 4.79 Å². The van der Waals surface area contributed by atoms with Gasteiger partial charge in [0.1, 0.15) is 0 Å². The molecule has 0 atom stereocenters. The predicted molar refractivity (Wildman–Crippen MR) is 99.0 cm³/mol. The molecule has 2 aromatic carbocycles. The molecule has 0 fully saturated rings. The number of carbonyl (C=O) groups is 1. The van der Waals surface area contributed by atoms with E-state index in [0.29, 0.717) is 0 Å². The molecule has 25 heavy (non-hydrogen) atoms. The molecule has 9 heteroatoms. The van der Waals surface area contributed by atoms with Gasteiger partial charge in [-0.3, -0.25) is 0 Å². The summed E-state index contributed by atoms with van der Waals surface area (Å²) in [6.45, 7) is 3.87. The fourth-order valence-electron chi connectivity index (χ4n) is 2.02. The largest absolute Gasteiger partial charge is 0.505 e. The molecule has 2 aromatic rings. The molecule has 0 aliphatic heterocycles. The Bertz CT molecular complexity index is 696. The minimum Gasteiger partial charge on any atom is -0.505 e. The van der Waals surface area contributed by atoms with Gasteiger partial charge in [0.15, 0.2) is 11.5 Å². The Balaban J connectivity index is 0.000000705. The van der Waals surface area contributed by atoms with Crippen LogP contribution in [0.5, 0.6) is 11.5 Å². The van der Waals surface area contributed by atoms with Crippen LogP contribution in [0.3, 0.4) is 0 Å². The molecule has 5 nitrogen and oxygen atoms in total. The molecule has 0 unspecified atom stereocenters. The SMILES string of the molecule is CC(C)(c1cc(Cl)c(O)c(Cl)c1)c1cc(Cl)c(O)c(Cl)c1.O=C(O)O. The Hall–Kier alpha value is -1.53. The van der Waals surface area contributed by atoms with Crippen molar-refractivity contribution >= 4 is 52.6 Å². The van der Waals surface area contributed by atoms with E-state index in [-0.39, 0.29) is 31.6 Å². The second kappa shape index (κ2) is 8.23. The lowest BCUT2D eigenvalue weighted by Crippen LogP contribution is -2.19. The molecular weight excluding hydrogens is 414 g/mol. The highest BCUT2D eigenvalue weighted by atomic mass is 35.5. The summed E-state index contributed by atoms with van der Waals surface area (Å²) in [5.41, 5.74) is 1.04. The van der Waals surface area contributed by atoms with Crippen LogP contribution in [0, 0.1) is 0 Å². The Morgan fingerprint density at radius 2 is 0.960 bits per heavy atom. The highest BCUT2D eigenvalue weighted by molar-refractivity contribution is 6.37. The van der Waals surface area contributed by atoms with Gasteiger partial charge in [-0.15, -0.1) is 0 Å². The minimum atomic E-state index is -1.83. The van der Waals surface area contributed by atoms with Crippen LogP contribution >= 0.6 is 46.4 Å². The van der Waals surface area contributed by atoms with Crippen LogP contribution < -0.4 is 0 Å². The highest BCUT2D eigenvalue weighted by Gasteiger charge is 2.27. The molecular formula is C16H14Cl4O5. The highest BCUT2D eigenvalue weighted by Crippen LogP contribution is 2.42. The van der Waals surface area contributed by atoms with Crippen LogP contribution in [0.25, 0.3) is 0 Å². The summed E-state index contributed by atoms with van der Waals surface area (Å²) in [5.74, 6) is -0.306. The lowest BCUT2D eigenvalue weighted by atomic mass is 9.78. The summed E-state index contributed by atoms with van der Waals surface area (Å²) in [5, 5.41) is 33.9. The summed E-state index contributed by atoms with van der Waals surface area (Å²) < 4.78 is 0.